The molecule has 0 spiro atoms. The van der Waals surface area contributed by atoms with Crippen LogP contribution in [-0.2, 0) is 0 Å². The Morgan fingerprint density at radius 3 is 1.92 bits per heavy atom. The third-order valence-electron chi connectivity index (χ3n) is 9.77. The highest BCUT2D eigenvalue weighted by atomic mass is 15.2. The minimum absolute atomic E-state index is 0.191. The van der Waals surface area contributed by atoms with Crippen LogP contribution in [0.15, 0.2) is 158 Å². The molecular weight excluding hydrogens is 639 g/mol. The molecule has 4 aromatic heterocycles. The standard InChI is InChI=1S/C45H35N7/c1-5-35(25-29(4)28(2)3)51-38-22-13-12-21-36(38)40-44(51)50-45-46-37-27-33(23-24-39(37)52(40)45)32-19-14-20-34(26-32)43-48-41(30-15-8-6-9-16-30)47-42(49-43)31-17-10-7-11-18-31/h5-27,29H,1-2H2,3-4H3,(H,46,50)/b35-25+. The molecule has 9 rings (SSSR count). The molecule has 0 saturated carbocycles. The Balaban J connectivity index is 1.16. The Morgan fingerprint density at radius 1 is 0.654 bits per heavy atom. The summed E-state index contributed by atoms with van der Waals surface area (Å²) in [7, 11) is 0. The van der Waals surface area contributed by atoms with E-state index in [2.05, 4.69) is 114 Å². The molecule has 4 heterocycles. The maximum atomic E-state index is 5.17. The molecule has 0 radical (unpaired) electrons. The first-order valence-electron chi connectivity index (χ1n) is 17.4. The van der Waals surface area contributed by atoms with Gasteiger partial charge in [0.25, 0.3) is 0 Å². The largest absolute Gasteiger partial charge is 0.323 e. The summed E-state index contributed by atoms with van der Waals surface area (Å²) < 4.78 is 4.44. The number of imidazole rings is 2. The van der Waals surface area contributed by atoms with Gasteiger partial charge in [0.15, 0.2) is 23.1 Å². The fourth-order valence-electron chi connectivity index (χ4n) is 6.91. The average Bonchev–Trinajstić information content (AvgIpc) is 3.83. The van der Waals surface area contributed by atoms with Gasteiger partial charge >= 0.3 is 0 Å². The van der Waals surface area contributed by atoms with Crippen LogP contribution in [0.25, 0.3) is 89.9 Å². The van der Waals surface area contributed by atoms with E-state index in [1.54, 1.807) is 0 Å². The summed E-state index contributed by atoms with van der Waals surface area (Å²) >= 11 is 0. The van der Waals surface area contributed by atoms with Crippen molar-refractivity contribution in [3.8, 4) is 45.3 Å². The van der Waals surface area contributed by atoms with Crippen LogP contribution >= 0.6 is 0 Å². The first-order valence-corrected chi connectivity index (χ1v) is 17.4. The Hall–Kier alpha value is -6.86. The fraction of sp³-hybridized carbons (Fsp3) is 0.0667. The lowest BCUT2D eigenvalue weighted by Crippen LogP contribution is -2.00. The third-order valence-corrected chi connectivity index (χ3v) is 9.77. The predicted molar refractivity (Wildman–Crippen MR) is 214 cm³/mol. The average molecular weight is 674 g/mol. The molecule has 0 aliphatic rings. The third kappa shape index (κ3) is 5.22. The van der Waals surface area contributed by atoms with E-state index in [4.69, 9.17) is 19.9 Å². The molecule has 7 nitrogen and oxygen atoms in total. The highest BCUT2D eigenvalue weighted by Crippen LogP contribution is 2.36. The molecule has 250 valence electrons. The van der Waals surface area contributed by atoms with E-state index in [1.165, 1.54) is 0 Å². The van der Waals surface area contributed by atoms with E-state index in [0.717, 1.165) is 78.0 Å². The molecule has 1 unspecified atom stereocenters. The van der Waals surface area contributed by atoms with Crippen molar-refractivity contribution in [1.29, 1.82) is 0 Å². The summed E-state index contributed by atoms with van der Waals surface area (Å²) in [5.41, 5.74) is 12.1. The second kappa shape index (κ2) is 12.5. The van der Waals surface area contributed by atoms with Crippen LogP contribution in [0, 0.1) is 5.92 Å². The van der Waals surface area contributed by atoms with Gasteiger partial charge in [0.05, 0.1) is 16.6 Å². The number of aromatic nitrogens is 7. The Kier molecular flexibility index (Phi) is 7.47. The van der Waals surface area contributed by atoms with Gasteiger partial charge in [0.2, 0.25) is 5.78 Å². The first kappa shape index (κ1) is 31.1. The van der Waals surface area contributed by atoms with E-state index in [1.807, 2.05) is 66.7 Å². The highest BCUT2D eigenvalue weighted by molar-refractivity contribution is 6.10. The number of rotatable bonds is 8. The summed E-state index contributed by atoms with van der Waals surface area (Å²) in [6, 6.07) is 43.5. The maximum absolute atomic E-state index is 5.17. The molecule has 5 aromatic carbocycles. The molecule has 0 amide bonds. The minimum Gasteiger partial charge on any atom is -0.323 e. The summed E-state index contributed by atoms with van der Waals surface area (Å²) in [5.74, 6) is 2.88. The van der Waals surface area contributed by atoms with Crippen molar-refractivity contribution in [2.24, 2.45) is 5.92 Å². The minimum atomic E-state index is 0.191. The highest BCUT2D eigenvalue weighted by Gasteiger charge is 2.21. The topological polar surface area (TPSA) is 76.7 Å². The molecule has 7 heteroatoms. The quantitative estimate of drug-likeness (QED) is 0.129. The zero-order chi connectivity index (χ0) is 35.3. The molecule has 0 saturated heterocycles. The molecule has 52 heavy (non-hydrogen) atoms. The molecule has 0 bridgehead atoms. The van der Waals surface area contributed by atoms with E-state index >= 15 is 0 Å². The maximum Gasteiger partial charge on any atom is 0.214 e. The second-order valence-corrected chi connectivity index (χ2v) is 13.2. The van der Waals surface area contributed by atoms with Crippen molar-refractivity contribution < 1.29 is 0 Å². The molecule has 9 aromatic rings. The van der Waals surface area contributed by atoms with Gasteiger partial charge in [0, 0.05) is 27.8 Å². The number of hydrogen-bond donors (Lipinski definition) is 1. The van der Waals surface area contributed by atoms with Gasteiger partial charge in [-0.1, -0.05) is 135 Å². The van der Waals surface area contributed by atoms with Crippen LogP contribution in [0.2, 0.25) is 0 Å². The van der Waals surface area contributed by atoms with Crippen LogP contribution in [0.5, 0.6) is 0 Å². The zero-order valence-electron chi connectivity index (χ0n) is 29.0. The number of para-hydroxylation sites is 1. The smallest absolute Gasteiger partial charge is 0.214 e. The lowest BCUT2D eigenvalue weighted by atomic mass is 10.0. The molecule has 1 atom stereocenters. The van der Waals surface area contributed by atoms with Crippen molar-refractivity contribution in [2.75, 3.05) is 0 Å². The van der Waals surface area contributed by atoms with Gasteiger partial charge in [-0.15, -0.1) is 0 Å². The first-order chi connectivity index (χ1) is 25.5. The van der Waals surface area contributed by atoms with Gasteiger partial charge < -0.3 is 4.98 Å². The van der Waals surface area contributed by atoms with E-state index in [-0.39, 0.29) is 5.92 Å². The van der Waals surface area contributed by atoms with Crippen LogP contribution < -0.4 is 0 Å². The van der Waals surface area contributed by atoms with Crippen molar-refractivity contribution >= 4 is 44.6 Å². The van der Waals surface area contributed by atoms with Crippen LogP contribution in [0.3, 0.4) is 0 Å². The molecule has 0 aliphatic carbocycles. The van der Waals surface area contributed by atoms with Crippen molar-refractivity contribution in [1.82, 2.24) is 33.9 Å². The van der Waals surface area contributed by atoms with E-state index in [0.29, 0.717) is 17.5 Å². The normalized spacial score (nSPS) is 12.6. The summed E-state index contributed by atoms with van der Waals surface area (Å²) in [6.07, 6.45) is 4.11. The zero-order valence-corrected chi connectivity index (χ0v) is 29.0. The molecule has 1 N–H and O–H groups in total. The molecule has 0 aliphatic heterocycles. The lowest BCUT2D eigenvalue weighted by molar-refractivity contribution is 0.864. The number of fused-ring (bicyclic) bond motifs is 7. The van der Waals surface area contributed by atoms with Gasteiger partial charge in [-0.25, -0.2) is 15.0 Å². The predicted octanol–water partition coefficient (Wildman–Crippen LogP) is 11.0. The van der Waals surface area contributed by atoms with E-state index < -0.39 is 0 Å². The Labute approximate surface area is 301 Å². The van der Waals surface area contributed by atoms with Gasteiger partial charge in [-0.3, -0.25) is 8.97 Å². The Bertz CT molecular complexity index is 2800. The van der Waals surface area contributed by atoms with Gasteiger partial charge in [0.1, 0.15) is 5.52 Å². The van der Waals surface area contributed by atoms with Crippen LogP contribution in [0.4, 0.5) is 0 Å². The number of benzene rings is 5. The summed E-state index contributed by atoms with van der Waals surface area (Å²) in [5, 5.41) is 1.13. The monoisotopic (exact) mass is 673 g/mol. The van der Waals surface area contributed by atoms with E-state index in [9.17, 15) is 0 Å². The van der Waals surface area contributed by atoms with Crippen LogP contribution in [-0.4, -0.2) is 33.9 Å². The molecular formula is C45H35N7. The summed E-state index contributed by atoms with van der Waals surface area (Å²) in [6.45, 7) is 12.5. The fourth-order valence-corrected chi connectivity index (χ4v) is 6.91. The SMILES string of the molecule is C=C/C(=C\C(C)C(=C)C)n1c2ccccc2c2c1nc1[nH]c3cc(-c4cccc(-c5nc(-c6ccccc6)nc(-c6ccccc6)n5)c4)ccc3n12. The van der Waals surface area contributed by atoms with Gasteiger partial charge in [-0.2, -0.15) is 4.98 Å². The van der Waals surface area contributed by atoms with Gasteiger partial charge in [-0.05, 0) is 54.3 Å². The lowest BCUT2D eigenvalue weighted by Gasteiger charge is -2.11. The number of nitrogens with one attached hydrogen (secondary N) is 1. The number of nitrogens with zero attached hydrogens (tertiary/aromatic N) is 6. The second-order valence-electron chi connectivity index (χ2n) is 13.2. The summed E-state index contributed by atoms with van der Waals surface area (Å²) in [4.78, 5) is 23.5. The van der Waals surface area contributed by atoms with Crippen LogP contribution in [0.1, 0.15) is 13.8 Å². The molecule has 0 fully saturated rings. The van der Waals surface area contributed by atoms with Crippen molar-refractivity contribution in [2.45, 2.75) is 13.8 Å². The Morgan fingerprint density at radius 2 is 1.25 bits per heavy atom. The van der Waals surface area contributed by atoms with Crippen molar-refractivity contribution in [3.05, 3.63) is 158 Å². The van der Waals surface area contributed by atoms with Crippen molar-refractivity contribution in [3.63, 3.8) is 0 Å². The number of aromatic amines is 1. The number of allylic oxidation sites excluding steroid dienone is 4. The number of H-pyrrole nitrogens is 1. The number of hydrogen-bond acceptors (Lipinski definition) is 4.